The molecule has 4 aromatic carbocycles. The smallest absolute Gasteiger partial charge is 0.256 e. The summed E-state index contributed by atoms with van der Waals surface area (Å²) < 4.78 is 0. The standard InChI is InChI=1S/C28H26N4O/c1-3-4-8-20-13-15-22(16-14-20)32-30-26-17-19(2)25(18-27(26)31-32)29-28(33)24-12-7-10-21-9-5-6-11-23(21)24/h5-7,9-18H,3-4,8H2,1-2H3,(H,29,33). The van der Waals surface area contributed by atoms with E-state index >= 15 is 0 Å². The average molecular weight is 435 g/mol. The number of amides is 1. The number of hydrogen-bond donors (Lipinski definition) is 1. The van der Waals surface area contributed by atoms with Crippen LogP contribution in [0.5, 0.6) is 0 Å². The predicted octanol–water partition coefficient (Wildman–Crippen LogP) is 6.48. The molecule has 0 radical (unpaired) electrons. The monoisotopic (exact) mass is 434 g/mol. The van der Waals surface area contributed by atoms with E-state index in [1.54, 1.807) is 4.80 Å². The summed E-state index contributed by atoms with van der Waals surface area (Å²) in [6.45, 7) is 4.17. The maximum Gasteiger partial charge on any atom is 0.256 e. The molecule has 0 aliphatic rings. The van der Waals surface area contributed by atoms with Gasteiger partial charge in [0.2, 0.25) is 0 Å². The normalized spacial score (nSPS) is 11.2. The second-order valence-electron chi connectivity index (χ2n) is 8.40. The highest BCUT2D eigenvalue weighted by molar-refractivity contribution is 6.13. The summed E-state index contributed by atoms with van der Waals surface area (Å²) in [5.74, 6) is -0.135. The van der Waals surface area contributed by atoms with Gasteiger partial charge in [-0.15, -0.1) is 10.2 Å². The Morgan fingerprint density at radius 2 is 1.64 bits per heavy atom. The van der Waals surface area contributed by atoms with Crippen molar-refractivity contribution in [3.05, 3.63) is 95.6 Å². The summed E-state index contributed by atoms with van der Waals surface area (Å²) in [5, 5.41) is 14.4. The molecule has 1 N–H and O–H groups in total. The van der Waals surface area contributed by atoms with Gasteiger partial charge in [0.25, 0.3) is 5.91 Å². The first kappa shape index (κ1) is 20.9. The lowest BCUT2D eigenvalue weighted by molar-refractivity contribution is 0.102. The van der Waals surface area contributed by atoms with Crippen LogP contribution in [0.1, 0.15) is 41.3 Å². The van der Waals surface area contributed by atoms with Gasteiger partial charge in [-0.05, 0) is 72.0 Å². The van der Waals surface area contributed by atoms with E-state index in [-0.39, 0.29) is 5.91 Å². The average Bonchev–Trinajstić information content (AvgIpc) is 3.25. The minimum absolute atomic E-state index is 0.135. The molecule has 5 nitrogen and oxygen atoms in total. The Morgan fingerprint density at radius 3 is 2.42 bits per heavy atom. The molecule has 1 aromatic heterocycles. The first-order valence-corrected chi connectivity index (χ1v) is 11.4. The zero-order chi connectivity index (χ0) is 22.8. The number of aromatic nitrogens is 3. The second-order valence-corrected chi connectivity index (χ2v) is 8.40. The molecule has 33 heavy (non-hydrogen) atoms. The SMILES string of the molecule is CCCCc1ccc(-n2nc3cc(C)c(NC(=O)c4cccc5ccccc45)cc3n2)cc1. The summed E-state index contributed by atoms with van der Waals surface area (Å²) in [6, 6.07) is 25.9. The molecular formula is C28H26N4O. The van der Waals surface area contributed by atoms with E-state index < -0.39 is 0 Å². The number of nitrogens with zero attached hydrogens (tertiary/aromatic N) is 3. The zero-order valence-corrected chi connectivity index (χ0v) is 18.9. The van der Waals surface area contributed by atoms with E-state index in [1.165, 1.54) is 18.4 Å². The third kappa shape index (κ3) is 4.22. The Bertz CT molecular complexity index is 1450. The fourth-order valence-corrected chi connectivity index (χ4v) is 4.11. The van der Waals surface area contributed by atoms with Gasteiger partial charge in [-0.1, -0.05) is 61.9 Å². The predicted molar refractivity (Wildman–Crippen MR) is 134 cm³/mol. The fraction of sp³-hybridized carbons (Fsp3) is 0.179. The van der Waals surface area contributed by atoms with Crippen molar-refractivity contribution >= 4 is 33.4 Å². The van der Waals surface area contributed by atoms with Gasteiger partial charge >= 0.3 is 0 Å². The number of benzene rings is 4. The third-order valence-electron chi connectivity index (χ3n) is 6.00. The topological polar surface area (TPSA) is 59.8 Å². The number of fused-ring (bicyclic) bond motifs is 2. The van der Waals surface area contributed by atoms with Gasteiger partial charge in [0.1, 0.15) is 11.0 Å². The lowest BCUT2D eigenvalue weighted by Gasteiger charge is -2.10. The Morgan fingerprint density at radius 1 is 0.909 bits per heavy atom. The molecule has 164 valence electrons. The summed E-state index contributed by atoms with van der Waals surface area (Å²) in [4.78, 5) is 14.8. The van der Waals surface area contributed by atoms with Crippen molar-refractivity contribution in [1.29, 1.82) is 0 Å². The number of aryl methyl sites for hydroxylation is 2. The molecule has 0 aliphatic heterocycles. The fourth-order valence-electron chi connectivity index (χ4n) is 4.11. The molecule has 1 heterocycles. The molecule has 1 amide bonds. The molecule has 0 bridgehead atoms. The number of unbranched alkanes of at least 4 members (excludes halogenated alkanes) is 1. The molecule has 0 unspecified atom stereocenters. The van der Waals surface area contributed by atoms with E-state index in [0.29, 0.717) is 5.56 Å². The van der Waals surface area contributed by atoms with Crippen LogP contribution in [-0.4, -0.2) is 20.9 Å². The Balaban J connectivity index is 1.43. The van der Waals surface area contributed by atoms with Crippen molar-refractivity contribution in [2.45, 2.75) is 33.1 Å². The first-order chi connectivity index (χ1) is 16.1. The van der Waals surface area contributed by atoms with E-state index in [1.807, 2.05) is 61.5 Å². The zero-order valence-electron chi connectivity index (χ0n) is 18.9. The molecule has 5 heteroatoms. The van der Waals surface area contributed by atoms with Gasteiger partial charge in [-0.25, -0.2) is 0 Å². The van der Waals surface area contributed by atoms with Crippen LogP contribution in [0, 0.1) is 6.92 Å². The Labute approximate surface area is 193 Å². The first-order valence-electron chi connectivity index (χ1n) is 11.4. The van der Waals surface area contributed by atoms with Crippen LogP contribution in [0.4, 0.5) is 5.69 Å². The number of carbonyl (C=O) groups is 1. The van der Waals surface area contributed by atoms with Crippen molar-refractivity contribution in [2.75, 3.05) is 5.32 Å². The van der Waals surface area contributed by atoms with Crippen LogP contribution in [0.15, 0.2) is 78.9 Å². The Hall–Kier alpha value is -3.99. The van der Waals surface area contributed by atoms with Gasteiger partial charge in [-0.3, -0.25) is 4.79 Å². The quantitative estimate of drug-likeness (QED) is 0.333. The van der Waals surface area contributed by atoms with Gasteiger partial charge in [0.05, 0.1) is 5.69 Å². The van der Waals surface area contributed by atoms with Crippen LogP contribution >= 0.6 is 0 Å². The largest absolute Gasteiger partial charge is 0.322 e. The van der Waals surface area contributed by atoms with Crippen LogP contribution < -0.4 is 5.32 Å². The summed E-state index contributed by atoms with van der Waals surface area (Å²) in [7, 11) is 0. The van der Waals surface area contributed by atoms with Crippen molar-refractivity contribution < 1.29 is 4.79 Å². The molecular weight excluding hydrogens is 408 g/mol. The maximum atomic E-state index is 13.1. The van der Waals surface area contributed by atoms with E-state index in [4.69, 9.17) is 0 Å². The lowest BCUT2D eigenvalue weighted by Crippen LogP contribution is -2.13. The van der Waals surface area contributed by atoms with Crippen molar-refractivity contribution in [1.82, 2.24) is 15.0 Å². The minimum atomic E-state index is -0.135. The highest BCUT2D eigenvalue weighted by Crippen LogP contribution is 2.25. The molecule has 5 rings (SSSR count). The van der Waals surface area contributed by atoms with Crippen molar-refractivity contribution in [3.63, 3.8) is 0 Å². The molecule has 0 spiro atoms. The molecule has 0 fully saturated rings. The van der Waals surface area contributed by atoms with Crippen LogP contribution in [-0.2, 0) is 6.42 Å². The van der Waals surface area contributed by atoms with Crippen LogP contribution in [0.25, 0.3) is 27.5 Å². The minimum Gasteiger partial charge on any atom is -0.322 e. The number of hydrogen-bond acceptors (Lipinski definition) is 3. The van der Waals surface area contributed by atoms with Crippen LogP contribution in [0.3, 0.4) is 0 Å². The number of rotatable bonds is 6. The highest BCUT2D eigenvalue weighted by Gasteiger charge is 2.14. The van der Waals surface area contributed by atoms with Crippen molar-refractivity contribution in [2.24, 2.45) is 0 Å². The lowest BCUT2D eigenvalue weighted by atomic mass is 10.0. The summed E-state index contributed by atoms with van der Waals surface area (Å²) in [6.07, 6.45) is 3.46. The van der Waals surface area contributed by atoms with E-state index in [0.717, 1.165) is 45.2 Å². The van der Waals surface area contributed by atoms with Gasteiger partial charge in [-0.2, -0.15) is 4.80 Å². The van der Waals surface area contributed by atoms with Gasteiger partial charge in [0.15, 0.2) is 0 Å². The van der Waals surface area contributed by atoms with E-state index in [2.05, 4.69) is 46.7 Å². The van der Waals surface area contributed by atoms with Gasteiger partial charge < -0.3 is 5.32 Å². The number of carbonyl (C=O) groups excluding carboxylic acids is 1. The second kappa shape index (κ2) is 8.87. The molecule has 5 aromatic rings. The number of nitrogens with one attached hydrogen (secondary N) is 1. The van der Waals surface area contributed by atoms with E-state index in [9.17, 15) is 4.79 Å². The summed E-state index contributed by atoms with van der Waals surface area (Å²) >= 11 is 0. The number of anilines is 1. The maximum absolute atomic E-state index is 13.1. The molecule has 0 saturated heterocycles. The molecule has 0 atom stereocenters. The van der Waals surface area contributed by atoms with Gasteiger partial charge in [0, 0.05) is 11.3 Å². The Kier molecular flexibility index (Phi) is 5.61. The summed E-state index contributed by atoms with van der Waals surface area (Å²) in [5.41, 5.74) is 6.12. The van der Waals surface area contributed by atoms with Crippen molar-refractivity contribution in [3.8, 4) is 5.69 Å². The third-order valence-corrected chi connectivity index (χ3v) is 6.00. The molecule has 0 aliphatic carbocycles. The molecule has 0 saturated carbocycles. The highest BCUT2D eigenvalue weighted by atomic mass is 16.1. The van der Waals surface area contributed by atoms with Crippen LogP contribution in [0.2, 0.25) is 0 Å².